The Kier molecular flexibility index (Phi) is 4.02. The van der Waals surface area contributed by atoms with Gasteiger partial charge in [-0.3, -0.25) is 4.79 Å². The molecule has 2 rings (SSSR count). The highest BCUT2D eigenvalue weighted by Crippen LogP contribution is 2.30. The summed E-state index contributed by atoms with van der Waals surface area (Å²) in [6, 6.07) is 9.09. The fourth-order valence-corrected chi connectivity index (χ4v) is 2.39. The molecule has 0 radical (unpaired) electrons. The summed E-state index contributed by atoms with van der Waals surface area (Å²) < 4.78 is 0. The van der Waals surface area contributed by atoms with Gasteiger partial charge in [0, 0.05) is 19.1 Å². The second kappa shape index (κ2) is 5.53. The van der Waals surface area contributed by atoms with E-state index in [0.717, 1.165) is 12.8 Å². The number of aryl methyl sites for hydroxylation is 1. The zero-order chi connectivity index (χ0) is 13.1. The van der Waals surface area contributed by atoms with Gasteiger partial charge in [0.05, 0.1) is 6.54 Å². The monoisotopic (exact) mass is 246 g/mol. The Balaban J connectivity index is 1.91. The van der Waals surface area contributed by atoms with Crippen LogP contribution in [0.15, 0.2) is 24.3 Å². The summed E-state index contributed by atoms with van der Waals surface area (Å²) in [5.41, 5.74) is 2.78. The molecule has 18 heavy (non-hydrogen) atoms. The van der Waals surface area contributed by atoms with E-state index in [1.165, 1.54) is 11.1 Å². The van der Waals surface area contributed by atoms with Crippen LogP contribution in [-0.4, -0.2) is 30.4 Å². The molecule has 1 atom stereocenters. The third kappa shape index (κ3) is 2.72. The Hall–Kier alpha value is -1.35. The molecule has 0 aliphatic heterocycles. The third-order valence-electron chi connectivity index (χ3n) is 3.80. The van der Waals surface area contributed by atoms with Crippen LogP contribution >= 0.6 is 0 Å². The van der Waals surface area contributed by atoms with Crippen molar-refractivity contribution in [1.82, 2.24) is 10.2 Å². The lowest BCUT2D eigenvalue weighted by Gasteiger charge is -2.23. The van der Waals surface area contributed by atoms with Crippen molar-refractivity contribution in [3.05, 3.63) is 35.4 Å². The summed E-state index contributed by atoms with van der Waals surface area (Å²) in [5.74, 6) is 0.161. The van der Waals surface area contributed by atoms with Crippen LogP contribution in [0.2, 0.25) is 0 Å². The van der Waals surface area contributed by atoms with Crippen molar-refractivity contribution < 1.29 is 4.79 Å². The summed E-state index contributed by atoms with van der Waals surface area (Å²) in [6.45, 7) is 4.49. The number of benzene rings is 1. The quantitative estimate of drug-likeness (QED) is 0.882. The van der Waals surface area contributed by atoms with Crippen molar-refractivity contribution in [2.24, 2.45) is 0 Å². The van der Waals surface area contributed by atoms with E-state index < -0.39 is 0 Å². The van der Waals surface area contributed by atoms with Gasteiger partial charge in [0.2, 0.25) is 5.91 Å². The zero-order valence-corrected chi connectivity index (χ0v) is 11.4. The van der Waals surface area contributed by atoms with E-state index in [4.69, 9.17) is 0 Å². The molecule has 3 heteroatoms. The molecule has 0 bridgehead atoms. The molecule has 0 heterocycles. The molecule has 1 aromatic carbocycles. The van der Waals surface area contributed by atoms with Crippen LogP contribution in [0.5, 0.6) is 0 Å². The second-order valence-electron chi connectivity index (χ2n) is 5.27. The van der Waals surface area contributed by atoms with E-state index in [-0.39, 0.29) is 11.9 Å². The van der Waals surface area contributed by atoms with Crippen LogP contribution < -0.4 is 5.32 Å². The first-order valence-electron chi connectivity index (χ1n) is 6.66. The molecule has 1 amide bonds. The maximum Gasteiger partial charge on any atom is 0.236 e. The smallest absolute Gasteiger partial charge is 0.236 e. The van der Waals surface area contributed by atoms with E-state index in [0.29, 0.717) is 12.6 Å². The van der Waals surface area contributed by atoms with Gasteiger partial charge in [0.1, 0.15) is 0 Å². The minimum Gasteiger partial charge on any atom is -0.342 e. The SMILES string of the molecule is CC(C)N(C)C(=O)CNC1CCc2ccccc21. The summed E-state index contributed by atoms with van der Waals surface area (Å²) in [7, 11) is 1.86. The fourth-order valence-electron chi connectivity index (χ4n) is 2.39. The van der Waals surface area contributed by atoms with Gasteiger partial charge in [0.15, 0.2) is 0 Å². The number of carbonyl (C=O) groups is 1. The van der Waals surface area contributed by atoms with Crippen LogP contribution in [0, 0.1) is 0 Å². The van der Waals surface area contributed by atoms with Crippen LogP contribution in [0.3, 0.4) is 0 Å². The third-order valence-corrected chi connectivity index (χ3v) is 3.80. The number of nitrogens with zero attached hydrogens (tertiary/aromatic N) is 1. The minimum atomic E-state index is 0.161. The Morgan fingerprint density at radius 3 is 2.89 bits per heavy atom. The van der Waals surface area contributed by atoms with Crippen molar-refractivity contribution in [1.29, 1.82) is 0 Å². The number of amides is 1. The van der Waals surface area contributed by atoms with E-state index in [2.05, 4.69) is 29.6 Å². The number of fused-ring (bicyclic) bond motifs is 1. The molecular weight excluding hydrogens is 224 g/mol. The highest BCUT2D eigenvalue weighted by molar-refractivity contribution is 5.78. The van der Waals surface area contributed by atoms with Gasteiger partial charge in [-0.1, -0.05) is 24.3 Å². The van der Waals surface area contributed by atoms with E-state index in [9.17, 15) is 4.79 Å². The normalized spacial score (nSPS) is 17.9. The van der Waals surface area contributed by atoms with Crippen molar-refractivity contribution in [3.63, 3.8) is 0 Å². The summed E-state index contributed by atoms with van der Waals surface area (Å²) in [5, 5.41) is 3.38. The van der Waals surface area contributed by atoms with Crippen LogP contribution in [-0.2, 0) is 11.2 Å². The molecule has 1 unspecified atom stereocenters. The zero-order valence-electron chi connectivity index (χ0n) is 11.4. The van der Waals surface area contributed by atoms with Gasteiger partial charge in [-0.2, -0.15) is 0 Å². The summed E-state index contributed by atoms with van der Waals surface area (Å²) >= 11 is 0. The maximum absolute atomic E-state index is 11.9. The molecule has 1 N–H and O–H groups in total. The predicted molar refractivity (Wildman–Crippen MR) is 73.4 cm³/mol. The molecule has 0 aromatic heterocycles. The molecular formula is C15H22N2O. The first-order valence-corrected chi connectivity index (χ1v) is 6.66. The van der Waals surface area contributed by atoms with Crippen LogP contribution in [0.25, 0.3) is 0 Å². The largest absolute Gasteiger partial charge is 0.342 e. The molecule has 1 aromatic rings. The average molecular weight is 246 g/mol. The van der Waals surface area contributed by atoms with Crippen molar-refractivity contribution in [2.45, 2.75) is 38.8 Å². The number of hydrogen-bond donors (Lipinski definition) is 1. The van der Waals surface area contributed by atoms with Crippen molar-refractivity contribution in [2.75, 3.05) is 13.6 Å². The van der Waals surface area contributed by atoms with E-state index >= 15 is 0 Å². The van der Waals surface area contributed by atoms with Crippen LogP contribution in [0.4, 0.5) is 0 Å². The summed E-state index contributed by atoms with van der Waals surface area (Å²) in [6.07, 6.45) is 2.21. The molecule has 0 spiro atoms. The van der Waals surface area contributed by atoms with Gasteiger partial charge in [-0.25, -0.2) is 0 Å². The lowest BCUT2D eigenvalue weighted by molar-refractivity contribution is -0.130. The molecule has 0 fully saturated rings. The Labute approximate surface area is 109 Å². The first kappa shape index (κ1) is 13.1. The number of rotatable bonds is 4. The summed E-state index contributed by atoms with van der Waals surface area (Å²) in [4.78, 5) is 13.7. The average Bonchev–Trinajstić information content (AvgIpc) is 2.78. The van der Waals surface area contributed by atoms with E-state index in [1.807, 2.05) is 20.9 Å². The first-order chi connectivity index (χ1) is 8.59. The fraction of sp³-hybridized carbons (Fsp3) is 0.533. The Bertz CT molecular complexity index is 428. The molecule has 0 saturated carbocycles. The van der Waals surface area contributed by atoms with Crippen molar-refractivity contribution in [3.8, 4) is 0 Å². The van der Waals surface area contributed by atoms with Gasteiger partial charge in [0.25, 0.3) is 0 Å². The molecule has 1 aliphatic carbocycles. The van der Waals surface area contributed by atoms with Gasteiger partial charge < -0.3 is 10.2 Å². The van der Waals surface area contributed by atoms with Gasteiger partial charge in [-0.15, -0.1) is 0 Å². The molecule has 0 saturated heterocycles. The highest BCUT2D eigenvalue weighted by Gasteiger charge is 2.22. The Morgan fingerprint density at radius 1 is 1.44 bits per heavy atom. The maximum atomic E-state index is 11.9. The number of likely N-dealkylation sites (N-methyl/N-ethyl adjacent to an activating group) is 1. The number of nitrogens with one attached hydrogen (secondary N) is 1. The lowest BCUT2D eigenvalue weighted by atomic mass is 10.1. The number of hydrogen-bond acceptors (Lipinski definition) is 2. The van der Waals surface area contributed by atoms with Crippen molar-refractivity contribution >= 4 is 5.91 Å². The van der Waals surface area contributed by atoms with Crippen LogP contribution in [0.1, 0.15) is 37.4 Å². The predicted octanol–water partition coefficient (Wildman–Crippen LogP) is 2.13. The van der Waals surface area contributed by atoms with Gasteiger partial charge >= 0.3 is 0 Å². The molecule has 98 valence electrons. The standard InChI is InChI=1S/C15H22N2O/c1-11(2)17(3)15(18)10-16-14-9-8-12-6-4-5-7-13(12)14/h4-7,11,14,16H,8-10H2,1-3H3. The highest BCUT2D eigenvalue weighted by atomic mass is 16.2. The minimum absolute atomic E-state index is 0.161. The topological polar surface area (TPSA) is 32.3 Å². The second-order valence-corrected chi connectivity index (χ2v) is 5.27. The van der Waals surface area contributed by atoms with E-state index in [1.54, 1.807) is 4.90 Å². The number of carbonyl (C=O) groups excluding carboxylic acids is 1. The molecule has 1 aliphatic rings. The lowest BCUT2D eigenvalue weighted by Crippen LogP contribution is -2.40. The molecule has 3 nitrogen and oxygen atoms in total. The Morgan fingerprint density at radius 2 is 2.17 bits per heavy atom. The van der Waals surface area contributed by atoms with Gasteiger partial charge in [-0.05, 0) is 37.8 Å².